The first-order chi connectivity index (χ1) is 14.9. The van der Waals surface area contributed by atoms with Crippen molar-refractivity contribution in [3.05, 3.63) is 54.1 Å². The maximum Gasteiger partial charge on any atom is 0.260 e. The minimum Gasteiger partial charge on any atom is -0.493 e. The van der Waals surface area contributed by atoms with Crippen molar-refractivity contribution in [2.75, 3.05) is 39.9 Å². The lowest BCUT2D eigenvalue weighted by Gasteiger charge is -2.34. The van der Waals surface area contributed by atoms with Crippen molar-refractivity contribution in [3.63, 3.8) is 0 Å². The van der Waals surface area contributed by atoms with Crippen molar-refractivity contribution < 1.29 is 22.7 Å². The van der Waals surface area contributed by atoms with Gasteiger partial charge in [0.25, 0.3) is 5.91 Å². The third kappa shape index (κ3) is 5.37. The molecule has 0 aromatic heterocycles. The van der Waals surface area contributed by atoms with Gasteiger partial charge in [-0.3, -0.25) is 4.79 Å². The number of carbonyl (C=O) groups excluding carboxylic acids is 1. The minimum atomic E-state index is -3.58. The van der Waals surface area contributed by atoms with Gasteiger partial charge in [-0.2, -0.15) is 4.31 Å². The zero-order valence-corrected chi connectivity index (χ0v) is 19.1. The van der Waals surface area contributed by atoms with Crippen LogP contribution in [0.4, 0.5) is 0 Å². The minimum absolute atomic E-state index is 0.121. The number of amides is 1. The Kier molecular flexibility index (Phi) is 7.56. The molecule has 1 atom stereocenters. The van der Waals surface area contributed by atoms with Gasteiger partial charge in [0.1, 0.15) is 0 Å². The van der Waals surface area contributed by atoms with Crippen molar-refractivity contribution >= 4 is 15.9 Å². The largest absolute Gasteiger partial charge is 0.493 e. The summed E-state index contributed by atoms with van der Waals surface area (Å²) in [6.07, 6.45) is 1.00. The summed E-state index contributed by atoms with van der Waals surface area (Å²) in [5, 5.41) is 0. The van der Waals surface area contributed by atoms with E-state index in [2.05, 4.69) is 13.8 Å². The summed E-state index contributed by atoms with van der Waals surface area (Å²) >= 11 is 0. The number of sulfonamides is 1. The second-order valence-electron chi connectivity index (χ2n) is 7.60. The summed E-state index contributed by atoms with van der Waals surface area (Å²) in [6.45, 7) is 5.29. The Hall–Kier alpha value is -2.58. The van der Waals surface area contributed by atoms with E-state index in [-0.39, 0.29) is 25.6 Å². The molecule has 0 bridgehead atoms. The van der Waals surface area contributed by atoms with Gasteiger partial charge in [-0.1, -0.05) is 38.1 Å². The molecule has 0 saturated carbocycles. The Morgan fingerprint density at radius 1 is 1.00 bits per heavy atom. The van der Waals surface area contributed by atoms with Crippen LogP contribution in [0.15, 0.2) is 53.4 Å². The number of piperazine rings is 1. The van der Waals surface area contributed by atoms with Crippen LogP contribution in [0.3, 0.4) is 0 Å². The van der Waals surface area contributed by atoms with E-state index in [9.17, 15) is 13.2 Å². The van der Waals surface area contributed by atoms with Gasteiger partial charge in [-0.25, -0.2) is 8.42 Å². The fourth-order valence-corrected chi connectivity index (χ4v) is 4.92. The first-order valence-corrected chi connectivity index (χ1v) is 11.9. The highest BCUT2D eigenvalue weighted by atomic mass is 32.2. The Bertz CT molecular complexity index is 983. The molecule has 1 fully saturated rings. The Balaban J connectivity index is 1.56. The van der Waals surface area contributed by atoms with E-state index in [1.807, 2.05) is 18.2 Å². The normalized spacial score (nSPS) is 16.0. The molecule has 1 unspecified atom stereocenters. The van der Waals surface area contributed by atoms with Gasteiger partial charge < -0.3 is 14.4 Å². The molecule has 7 nitrogen and oxygen atoms in total. The van der Waals surface area contributed by atoms with Crippen molar-refractivity contribution in [2.24, 2.45) is 0 Å². The highest BCUT2D eigenvalue weighted by molar-refractivity contribution is 7.89. The lowest BCUT2D eigenvalue weighted by molar-refractivity contribution is -0.134. The van der Waals surface area contributed by atoms with Crippen LogP contribution >= 0.6 is 0 Å². The number of rotatable bonds is 8. The Morgan fingerprint density at radius 3 is 2.19 bits per heavy atom. The van der Waals surface area contributed by atoms with E-state index < -0.39 is 10.0 Å². The summed E-state index contributed by atoms with van der Waals surface area (Å²) in [4.78, 5) is 14.4. The standard InChI is InChI=1S/C23H30N2O5S/c1-4-18(2)19-9-11-20(12-10-19)31(27,28)25-15-13-24(14-16-25)23(26)17-30-22-8-6-5-7-21(22)29-3/h5-12,18H,4,13-17H2,1-3H3. The van der Waals surface area contributed by atoms with E-state index in [0.717, 1.165) is 12.0 Å². The van der Waals surface area contributed by atoms with Crippen LogP contribution in [0, 0.1) is 0 Å². The fourth-order valence-electron chi connectivity index (χ4n) is 3.50. The third-order valence-corrected chi connectivity index (χ3v) is 7.62. The predicted molar refractivity (Wildman–Crippen MR) is 119 cm³/mol. The number of para-hydroxylation sites is 2. The highest BCUT2D eigenvalue weighted by Gasteiger charge is 2.30. The van der Waals surface area contributed by atoms with Gasteiger partial charge in [0.05, 0.1) is 12.0 Å². The van der Waals surface area contributed by atoms with Gasteiger partial charge in [0.2, 0.25) is 10.0 Å². The van der Waals surface area contributed by atoms with Crippen LogP contribution in [0.1, 0.15) is 31.7 Å². The molecule has 1 heterocycles. The van der Waals surface area contributed by atoms with Gasteiger partial charge in [-0.15, -0.1) is 0 Å². The summed E-state index contributed by atoms with van der Waals surface area (Å²) in [5.74, 6) is 1.27. The van der Waals surface area contributed by atoms with E-state index >= 15 is 0 Å². The van der Waals surface area contributed by atoms with E-state index in [1.54, 1.807) is 42.3 Å². The number of nitrogens with zero attached hydrogens (tertiary/aromatic N) is 2. The zero-order valence-electron chi connectivity index (χ0n) is 18.3. The van der Waals surface area contributed by atoms with Crippen LogP contribution in [-0.4, -0.2) is 63.4 Å². The highest BCUT2D eigenvalue weighted by Crippen LogP contribution is 2.26. The van der Waals surface area contributed by atoms with Gasteiger partial charge in [0.15, 0.2) is 18.1 Å². The average molecular weight is 447 g/mol. The molecule has 1 saturated heterocycles. The lowest BCUT2D eigenvalue weighted by Crippen LogP contribution is -2.51. The van der Waals surface area contributed by atoms with Crippen LogP contribution in [-0.2, 0) is 14.8 Å². The molecule has 2 aromatic carbocycles. The molecule has 1 amide bonds. The second kappa shape index (κ2) is 10.2. The molecular formula is C23H30N2O5S. The summed E-state index contributed by atoms with van der Waals surface area (Å²) < 4.78 is 38.2. The first-order valence-electron chi connectivity index (χ1n) is 10.5. The number of ether oxygens (including phenoxy) is 2. The van der Waals surface area contributed by atoms with Crippen LogP contribution in [0.25, 0.3) is 0 Å². The van der Waals surface area contributed by atoms with Crippen LogP contribution in [0.5, 0.6) is 11.5 Å². The molecule has 1 aliphatic heterocycles. The molecule has 1 aliphatic rings. The summed E-state index contributed by atoms with van der Waals surface area (Å²) in [5.41, 5.74) is 1.13. The number of carbonyl (C=O) groups is 1. The second-order valence-corrected chi connectivity index (χ2v) is 9.54. The van der Waals surface area contributed by atoms with E-state index in [1.165, 1.54) is 4.31 Å². The quantitative estimate of drug-likeness (QED) is 0.623. The smallest absolute Gasteiger partial charge is 0.260 e. The van der Waals surface area contributed by atoms with E-state index in [0.29, 0.717) is 35.4 Å². The van der Waals surface area contributed by atoms with Crippen LogP contribution < -0.4 is 9.47 Å². The molecule has 168 valence electrons. The molecule has 0 radical (unpaired) electrons. The van der Waals surface area contributed by atoms with Gasteiger partial charge in [-0.05, 0) is 42.2 Å². The zero-order chi connectivity index (χ0) is 22.4. The third-order valence-electron chi connectivity index (χ3n) is 5.71. The topological polar surface area (TPSA) is 76.2 Å². The molecule has 2 aromatic rings. The SMILES string of the molecule is CCC(C)c1ccc(S(=O)(=O)N2CCN(C(=O)COc3ccccc3OC)CC2)cc1. The van der Waals surface area contributed by atoms with Crippen molar-refractivity contribution in [1.82, 2.24) is 9.21 Å². The first kappa shape index (κ1) is 23.1. The monoisotopic (exact) mass is 446 g/mol. The van der Waals surface area contributed by atoms with Crippen molar-refractivity contribution in [3.8, 4) is 11.5 Å². The number of methoxy groups -OCH3 is 1. The fraction of sp³-hybridized carbons (Fsp3) is 0.435. The van der Waals surface area contributed by atoms with Crippen LogP contribution in [0.2, 0.25) is 0 Å². The number of hydrogen-bond donors (Lipinski definition) is 0. The average Bonchev–Trinajstić information content (AvgIpc) is 2.82. The molecule has 0 aliphatic carbocycles. The van der Waals surface area contributed by atoms with Crippen molar-refractivity contribution in [2.45, 2.75) is 31.1 Å². The summed E-state index contributed by atoms with van der Waals surface area (Å²) in [6, 6.07) is 14.3. The maximum atomic E-state index is 13.0. The molecule has 0 N–H and O–H groups in total. The molecule has 3 rings (SSSR count). The lowest BCUT2D eigenvalue weighted by atomic mass is 9.99. The molecule has 31 heavy (non-hydrogen) atoms. The summed E-state index contributed by atoms with van der Waals surface area (Å²) in [7, 11) is -2.03. The Labute approximate surface area is 184 Å². The number of benzene rings is 2. The predicted octanol–water partition coefficient (Wildman–Crippen LogP) is 3.12. The van der Waals surface area contributed by atoms with E-state index in [4.69, 9.17) is 9.47 Å². The number of hydrogen-bond acceptors (Lipinski definition) is 5. The molecule has 8 heteroatoms. The van der Waals surface area contributed by atoms with Crippen molar-refractivity contribution in [1.29, 1.82) is 0 Å². The molecule has 0 spiro atoms. The Morgan fingerprint density at radius 2 is 1.61 bits per heavy atom. The maximum absolute atomic E-state index is 13.0. The molecular weight excluding hydrogens is 416 g/mol. The van der Waals surface area contributed by atoms with Gasteiger partial charge >= 0.3 is 0 Å². The van der Waals surface area contributed by atoms with Gasteiger partial charge in [0, 0.05) is 26.2 Å².